The minimum atomic E-state index is -0.477. The van der Waals surface area contributed by atoms with Crippen LogP contribution in [-0.4, -0.2) is 48.1 Å². The first kappa shape index (κ1) is 19.4. The molecular formula is C21H21FN2O5. The Hall–Kier alpha value is -2.97. The van der Waals surface area contributed by atoms with Gasteiger partial charge in [0.1, 0.15) is 5.82 Å². The van der Waals surface area contributed by atoms with Crippen molar-refractivity contribution in [2.24, 2.45) is 0 Å². The summed E-state index contributed by atoms with van der Waals surface area (Å²) in [4.78, 5) is 25.2. The summed E-state index contributed by atoms with van der Waals surface area (Å²) in [7, 11) is 1.31. The lowest BCUT2D eigenvalue weighted by Gasteiger charge is -2.23. The first-order valence-corrected chi connectivity index (χ1v) is 9.32. The van der Waals surface area contributed by atoms with Crippen molar-refractivity contribution in [1.82, 2.24) is 9.13 Å². The summed E-state index contributed by atoms with van der Waals surface area (Å²) in [5, 5.41) is 0. The maximum atomic E-state index is 13.2. The first-order valence-electron chi connectivity index (χ1n) is 9.32. The molecule has 0 amide bonds. The van der Waals surface area contributed by atoms with Crippen LogP contribution in [0.25, 0.3) is 11.0 Å². The van der Waals surface area contributed by atoms with E-state index in [0.29, 0.717) is 43.0 Å². The van der Waals surface area contributed by atoms with Gasteiger partial charge in [0.25, 0.3) is 0 Å². The number of benzene rings is 2. The molecule has 0 spiro atoms. The van der Waals surface area contributed by atoms with Crippen LogP contribution in [0.5, 0.6) is 0 Å². The highest BCUT2D eigenvalue weighted by atomic mass is 19.1. The van der Waals surface area contributed by atoms with Gasteiger partial charge in [-0.05, 0) is 35.9 Å². The smallest absolute Gasteiger partial charge is 0.337 e. The van der Waals surface area contributed by atoms with Crippen molar-refractivity contribution in [3.8, 4) is 0 Å². The molecule has 3 aromatic rings. The Morgan fingerprint density at radius 2 is 1.93 bits per heavy atom. The van der Waals surface area contributed by atoms with Gasteiger partial charge in [-0.1, -0.05) is 12.1 Å². The van der Waals surface area contributed by atoms with Gasteiger partial charge >= 0.3 is 11.7 Å². The lowest BCUT2D eigenvalue weighted by atomic mass is 10.2. The zero-order chi connectivity index (χ0) is 20.4. The van der Waals surface area contributed by atoms with Gasteiger partial charge in [-0.25, -0.2) is 14.0 Å². The monoisotopic (exact) mass is 400 g/mol. The summed E-state index contributed by atoms with van der Waals surface area (Å²) in [5.41, 5.74) is 2.19. The summed E-state index contributed by atoms with van der Waals surface area (Å²) in [6.07, 6.45) is -0.256. The predicted octanol–water partition coefficient (Wildman–Crippen LogP) is 2.19. The van der Waals surface area contributed by atoms with E-state index in [1.54, 1.807) is 39.5 Å². The van der Waals surface area contributed by atoms with Crippen LogP contribution in [0.3, 0.4) is 0 Å². The maximum Gasteiger partial charge on any atom is 0.337 e. The number of methoxy groups -OCH3 is 1. The molecule has 1 aliphatic rings. The highest BCUT2D eigenvalue weighted by Gasteiger charge is 2.21. The number of esters is 1. The molecule has 1 aromatic heterocycles. The molecule has 1 aliphatic heterocycles. The van der Waals surface area contributed by atoms with Crippen molar-refractivity contribution in [3.05, 3.63) is 69.9 Å². The largest absolute Gasteiger partial charge is 0.465 e. The van der Waals surface area contributed by atoms with Crippen molar-refractivity contribution in [1.29, 1.82) is 0 Å². The molecule has 152 valence electrons. The number of imidazole rings is 1. The van der Waals surface area contributed by atoms with Crippen LogP contribution < -0.4 is 5.69 Å². The van der Waals surface area contributed by atoms with Gasteiger partial charge in [0.05, 0.1) is 62.7 Å². The van der Waals surface area contributed by atoms with Gasteiger partial charge in [-0.15, -0.1) is 0 Å². The topological polar surface area (TPSA) is 71.7 Å². The zero-order valence-corrected chi connectivity index (χ0v) is 16.0. The second kappa shape index (κ2) is 8.18. The zero-order valence-electron chi connectivity index (χ0n) is 16.0. The normalized spacial score (nSPS) is 16.8. The van der Waals surface area contributed by atoms with E-state index in [4.69, 9.17) is 14.2 Å². The fourth-order valence-corrected chi connectivity index (χ4v) is 3.51. The van der Waals surface area contributed by atoms with Gasteiger partial charge in [0.15, 0.2) is 0 Å². The second-order valence-electron chi connectivity index (χ2n) is 6.87. The molecule has 1 saturated heterocycles. The number of hydrogen-bond donors (Lipinski definition) is 0. The Bertz CT molecular complexity index is 1080. The molecule has 1 unspecified atom stereocenters. The van der Waals surface area contributed by atoms with E-state index in [-0.39, 0.29) is 24.2 Å². The highest BCUT2D eigenvalue weighted by molar-refractivity contribution is 5.93. The summed E-state index contributed by atoms with van der Waals surface area (Å²) in [5.74, 6) is -0.810. The molecule has 2 aromatic carbocycles. The van der Waals surface area contributed by atoms with Crippen LogP contribution in [0, 0.1) is 5.82 Å². The summed E-state index contributed by atoms with van der Waals surface area (Å²) in [6.45, 7) is 1.98. The third-order valence-corrected chi connectivity index (χ3v) is 4.97. The maximum absolute atomic E-state index is 13.2. The third-order valence-electron chi connectivity index (χ3n) is 4.97. The van der Waals surface area contributed by atoms with E-state index in [1.807, 2.05) is 0 Å². The Morgan fingerprint density at radius 1 is 1.14 bits per heavy atom. The summed E-state index contributed by atoms with van der Waals surface area (Å²) < 4.78 is 32.4. The highest BCUT2D eigenvalue weighted by Crippen LogP contribution is 2.19. The molecule has 0 aliphatic carbocycles. The van der Waals surface area contributed by atoms with Crippen LogP contribution in [0.1, 0.15) is 15.9 Å². The number of carbonyl (C=O) groups is 1. The van der Waals surface area contributed by atoms with Crippen molar-refractivity contribution < 1.29 is 23.4 Å². The van der Waals surface area contributed by atoms with E-state index in [9.17, 15) is 14.0 Å². The molecule has 1 fully saturated rings. The fourth-order valence-electron chi connectivity index (χ4n) is 3.51. The van der Waals surface area contributed by atoms with E-state index in [1.165, 1.54) is 19.2 Å². The van der Waals surface area contributed by atoms with Crippen molar-refractivity contribution in [2.75, 3.05) is 26.9 Å². The lowest BCUT2D eigenvalue weighted by Crippen LogP contribution is -2.36. The molecule has 7 nitrogen and oxygen atoms in total. The molecule has 2 heterocycles. The first-order chi connectivity index (χ1) is 14.1. The predicted molar refractivity (Wildman–Crippen MR) is 104 cm³/mol. The number of aromatic nitrogens is 2. The molecule has 1 atom stereocenters. The van der Waals surface area contributed by atoms with Gasteiger partial charge in [0, 0.05) is 0 Å². The summed E-state index contributed by atoms with van der Waals surface area (Å²) in [6, 6.07) is 11.0. The van der Waals surface area contributed by atoms with Crippen molar-refractivity contribution in [2.45, 2.75) is 19.2 Å². The number of hydrogen-bond acceptors (Lipinski definition) is 5. The van der Waals surface area contributed by atoms with Gasteiger partial charge in [-0.2, -0.15) is 0 Å². The second-order valence-corrected chi connectivity index (χ2v) is 6.87. The number of nitrogens with zero attached hydrogens (tertiary/aromatic N) is 2. The molecule has 0 radical (unpaired) electrons. The minimum absolute atomic E-state index is 0.236. The Kier molecular flexibility index (Phi) is 5.46. The fraction of sp³-hybridized carbons (Fsp3) is 0.333. The van der Waals surface area contributed by atoms with Crippen LogP contribution in [0.4, 0.5) is 4.39 Å². The van der Waals surface area contributed by atoms with Crippen LogP contribution >= 0.6 is 0 Å². The Labute approximate surface area is 166 Å². The third kappa shape index (κ3) is 3.94. The number of ether oxygens (including phenoxy) is 3. The standard InChI is InChI=1S/C21H21FN2O5/c1-27-20(25)15-4-7-18-19(10-15)24(12-17-13-28-8-9-29-17)21(26)23(18)11-14-2-5-16(22)6-3-14/h2-7,10,17H,8-9,11-13H2,1H3. The molecule has 29 heavy (non-hydrogen) atoms. The van der Waals surface area contributed by atoms with E-state index < -0.39 is 5.97 Å². The average molecular weight is 400 g/mol. The molecule has 0 bridgehead atoms. The van der Waals surface area contributed by atoms with E-state index in [2.05, 4.69) is 0 Å². The van der Waals surface area contributed by atoms with E-state index in [0.717, 1.165) is 5.56 Å². The molecule has 0 saturated carbocycles. The Morgan fingerprint density at radius 3 is 2.62 bits per heavy atom. The Balaban J connectivity index is 1.79. The summed E-state index contributed by atoms with van der Waals surface area (Å²) >= 11 is 0. The number of rotatable bonds is 5. The number of carbonyl (C=O) groups excluding carboxylic acids is 1. The van der Waals surface area contributed by atoms with Crippen molar-refractivity contribution in [3.63, 3.8) is 0 Å². The SMILES string of the molecule is COC(=O)c1ccc2c(c1)n(CC1COCCO1)c(=O)n2Cc1ccc(F)cc1. The number of fused-ring (bicyclic) bond motifs is 1. The van der Waals surface area contributed by atoms with Crippen LogP contribution in [-0.2, 0) is 27.3 Å². The molecular weight excluding hydrogens is 379 g/mol. The number of halogens is 1. The van der Waals surface area contributed by atoms with Gasteiger partial charge in [-0.3, -0.25) is 9.13 Å². The quantitative estimate of drug-likeness (QED) is 0.614. The lowest BCUT2D eigenvalue weighted by molar-refractivity contribution is -0.0935. The van der Waals surface area contributed by atoms with Crippen LogP contribution in [0.15, 0.2) is 47.3 Å². The minimum Gasteiger partial charge on any atom is -0.465 e. The average Bonchev–Trinajstić information content (AvgIpc) is 3.00. The molecule has 0 N–H and O–H groups in total. The molecule has 4 rings (SSSR count). The van der Waals surface area contributed by atoms with Crippen molar-refractivity contribution >= 4 is 17.0 Å². The van der Waals surface area contributed by atoms with E-state index >= 15 is 0 Å². The van der Waals surface area contributed by atoms with Crippen LogP contribution in [0.2, 0.25) is 0 Å². The van der Waals surface area contributed by atoms with Gasteiger partial charge < -0.3 is 14.2 Å². The van der Waals surface area contributed by atoms with Gasteiger partial charge in [0.2, 0.25) is 0 Å². The molecule has 8 heteroatoms.